The SMILES string of the molecule is CCCCCCCCNCc1nn(Cc2ccc(Cl)c(Cl)c2)nc1-c1ccccc1. The summed E-state index contributed by atoms with van der Waals surface area (Å²) in [7, 11) is 0. The van der Waals surface area contributed by atoms with Crippen LogP contribution < -0.4 is 5.32 Å². The van der Waals surface area contributed by atoms with E-state index in [0.29, 0.717) is 23.1 Å². The Hall–Kier alpha value is -1.88. The van der Waals surface area contributed by atoms with Gasteiger partial charge in [-0.2, -0.15) is 15.0 Å². The lowest BCUT2D eigenvalue weighted by atomic mass is 10.1. The molecule has 0 bridgehead atoms. The second-order valence-electron chi connectivity index (χ2n) is 7.58. The van der Waals surface area contributed by atoms with Crippen LogP contribution in [0.15, 0.2) is 48.5 Å². The molecule has 3 aromatic rings. The molecule has 0 saturated carbocycles. The maximum atomic E-state index is 6.16. The van der Waals surface area contributed by atoms with E-state index in [2.05, 4.69) is 24.4 Å². The van der Waals surface area contributed by atoms with Gasteiger partial charge in [-0.05, 0) is 30.7 Å². The summed E-state index contributed by atoms with van der Waals surface area (Å²) in [4.78, 5) is 1.74. The zero-order valence-electron chi connectivity index (χ0n) is 17.6. The minimum absolute atomic E-state index is 0.547. The van der Waals surface area contributed by atoms with Gasteiger partial charge in [-0.25, -0.2) is 0 Å². The number of hydrogen-bond donors (Lipinski definition) is 1. The van der Waals surface area contributed by atoms with Crippen molar-refractivity contribution in [1.29, 1.82) is 0 Å². The van der Waals surface area contributed by atoms with Crippen LogP contribution in [0.25, 0.3) is 11.3 Å². The highest BCUT2D eigenvalue weighted by molar-refractivity contribution is 6.42. The van der Waals surface area contributed by atoms with Gasteiger partial charge in [0.05, 0.1) is 16.6 Å². The molecule has 4 nitrogen and oxygen atoms in total. The Morgan fingerprint density at radius 1 is 0.867 bits per heavy atom. The number of rotatable bonds is 12. The summed E-state index contributed by atoms with van der Waals surface area (Å²) in [6.07, 6.45) is 7.78. The van der Waals surface area contributed by atoms with Crippen molar-refractivity contribution in [3.05, 3.63) is 69.8 Å². The average molecular weight is 445 g/mol. The quantitative estimate of drug-likeness (QED) is 0.314. The van der Waals surface area contributed by atoms with E-state index in [1.54, 1.807) is 4.80 Å². The van der Waals surface area contributed by atoms with E-state index in [9.17, 15) is 0 Å². The minimum Gasteiger partial charge on any atom is -0.311 e. The van der Waals surface area contributed by atoms with E-state index in [1.807, 2.05) is 36.4 Å². The van der Waals surface area contributed by atoms with Crippen molar-refractivity contribution in [1.82, 2.24) is 20.3 Å². The lowest BCUT2D eigenvalue weighted by Gasteiger charge is -2.04. The van der Waals surface area contributed by atoms with Crippen LogP contribution in [0, 0.1) is 0 Å². The van der Waals surface area contributed by atoms with Crippen LogP contribution in [0.1, 0.15) is 56.7 Å². The van der Waals surface area contributed by atoms with Gasteiger partial charge < -0.3 is 5.32 Å². The fraction of sp³-hybridized carbons (Fsp3) is 0.417. The van der Waals surface area contributed by atoms with Crippen LogP contribution in [0.2, 0.25) is 10.0 Å². The molecule has 1 aromatic heterocycles. The van der Waals surface area contributed by atoms with E-state index in [0.717, 1.165) is 29.1 Å². The van der Waals surface area contributed by atoms with E-state index in [4.69, 9.17) is 33.4 Å². The number of nitrogens with one attached hydrogen (secondary N) is 1. The Morgan fingerprint density at radius 2 is 1.63 bits per heavy atom. The predicted octanol–water partition coefficient (Wildman–Crippen LogP) is 6.75. The number of benzene rings is 2. The number of hydrogen-bond acceptors (Lipinski definition) is 3. The van der Waals surface area contributed by atoms with Gasteiger partial charge in [0, 0.05) is 12.1 Å². The van der Waals surface area contributed by atoms with Crippen molar-refractivity contribution in [2.75, 3.05) is 6.54 Å². The van der Waals surface area contributed by atoms with E-state index in [-0.39, 0.29) is 0 Å². The van der Waals surface area contributed by atoms with Crippen LogP contribution >= 0.6 is 23.2 Å². The van der Waals surface area contributed by atoms with Crippen LogP contribution in [0.4, 0.5) is 0 Å². The van der Waals surface area contributed by atoms with Crippen molar-refractivity contribution in [3.8, 4) is 11.3 Å². The number of halogens is 2. The van der Waals surface area contributed by atoms with Crippen molar-refractivity contribution >= 4 is 23.2 Å². The minimum atomic E-state index is 0.547. The molecule has 1 N–H and O–H groups in total. The highest BCUT2D eigenvalue weighted by atomic mass is 35.5. The first-order valence-electron chi connectivity index (χ1n) is 10.8. The number of nitrogens with zero attached hydrogens (tertiary/aromatic N) is 3. The molecule has 0 saturated heterocycles. The van der Waals surface area contributed by atoms with Gasteiger partial charge >= 0.3 is 0 Å². The van der Waals surface area contributed by atoms with Crippen LogP contribution in [-0.4, -0.2) is 21.5 Å². The van der Waals surface area contributed by atoms with Gasteiger partial charge in [0.15, 0.2) is 0 Å². The third-order valence-corrected chi connectivity index (χ3v) is 5.82. The predicted molar refractivity (Wildman–Crippen MR) is 126 cm³/mol. The summed E-state index contributed by atoms with van der Waals surface area (Å²) in [6.45, 7) is 4.51. The maximum Gasteiger partial charge on any atom is 0.117 e. The topological polar surface area (TPSA) is 42.7 Å². The molecule has 0 aliphatic heterocycles. The molecular formula is C24H30Cl2N4. The molecule has 0 atom stereocenters. The van der Waals surface area contributed by atoms with E-state index < -0.39 is 0 Å². The molecule has 3 rings (SSSR count). The third-order valence-electron chi connectivity index (χ3n) is 5.08. The smallest absolute Gasteiger partial charge is 0.117 e. The molecule has 0 aliphatic rings. The molecule has 6 heteroatoms. The molecule has 0 unspecified atom stereocenters. The molecule has 0 aliphatic carbocycles. The third kappa shape index (κ3) is 6.83. The summed E-state index contributed by atoms with van der Waals surface area (Å²) >= 11 is 12.2. The van der Waals surface area contributed by atoms with Crippen molar-refractivity contribution < 1.29 is 0 Å². The first-order valence-corrected chi connectivity index (χ1v) is 11.6. The fourth-order valence-electron chi connectivity index (χ4n) is 3.43. The summed E-state index contributed by atoms with van der Waals surface area (Å²) in [5, 5.41) is 14.2. The molecule has 0 radical (unpaired) electrons. The van der Waals surface area contributed by atoms with Crippen molar-refractivity contribution in [3.63, 3.8) is 0 Å². The highest BCUT2D eigenvalue weighted by Gasteiger charge is 2.13. The Labute approximate surface area is 189 Å². The average Bonchev–Trinajstić information content (AvgIpc) is 3.16. The van der Waals surface area contributed by atoms with Gasteiger partial charge in [0.1, 0.15) is 11.4 Å². The monoisotopic (exact) mass is 444 g/mol. The van der Waals surface area contributed by atoms with Crippen LogP contribution in [-0.2, 0) is 13.1 Å². The van der Waals surface area contributed by atoms with Gasteiger partial charge in [0.2, 0.25) is 0 Å². The second-order valence-corrected chi connectivity index (χ2v) is 8.40. The van der Waals surface area contributed by atoms with Crippen molar-refractivity contribution in [2.24, 2.45) is 0 Å². The van der Waals surface area contributed by atoms with Gasteiger partial charge in [0.25, 0.3) is 0 Å². The van der Waals surface area contributed by atoms with Crippen LogP contribution in [0.5, 0.6) is 0 Å². The lowest BCUT2D eigenvalue weighted by Crippen LogP contribution is -2.16. The van der Waals surface area contributed by atoms with Gasteiger partial charge in [-0.15, -0.1) is 0 Å². The molecule has 160 valence electrons. The number of unbranched alkanes of at least 4 members (excludes halogenated alkanes) is 5. The molecule has 0 spiro atoms. The second kappa shape index (κ2) is 12.1. The molecule has 0 amide bonds. The lowest BCUT2D eigenvalue weighted by molar-refractivity contribution is 0.556. The molecule has 1 heterocycles. The Morgan fingerprint density at radius 3 is 2.40 bits per heavy atom. The van der Waals surface area contributed by atoms with Gasteiger partial charge in [-0.3, -0.25) is 0 Å². The first kappa shape index (κ1) is 22.8. The Bertz CT molecular complexity index is 909. The molecular weight excluding hydrogens is 415 g/mol. The summed E-state index contributed by atoms with van der Waals surface area (Å²) in [5.41, 5.74) is 3.98. The first-order chi connectivity index (χ1) is 14.7. The standard InChI is InChI=1S/C24H30Cl2N4/c1-2-3-4-5-6-10-15-27-17-23-24(20-11-8-7-9-12-20)29-30(28-23)18-19-13-14-21(25)22(26)16-19/h7-9,11-14,16,27H,2-6,10,15,17-18H2,1H3. The van der Waals surface area contributed by atoms with Crippen molar-refractivity contribution in [2.45, 2.75) is 58.5 Å². The number of aromatic nitrogens is 3. The summed E-state index contributed by atoms with van der Waals surface area (Å²) in [6, 6.07) is 15.9. The fourth-order valence-corrected chi connectivity index (χ4v) is 3.75. The summed E-state index contributed by atoms with van der Waals surface area (Å²) < 4.78 is 0. The largest absolute Gasteiger partial charge is 0.311 e. The molecule has 2 aromatic carbocycles. The maximum absolute atomic E-state index is 6.16. The van der Waals surface area contributed by atoms with Crippen LogP contribution in [0.3, 0.4) is 0 Å². The summed E-state index contributed by atoms with van der Waals surface area (Å²) in [5.74, 6) is 0. The molecule has 0 fully saturated rings. The Balaban J connectivity index is 1.64. The zero-order valence-corrected chi connectivity index (χ0v) is 19.1. The zero-order chi connectivity index (χ0) is 21.2. The highest BCUT2D eigenvalue weighted by Crippen LogP contribution is 2.24. The molecule has 30 heavy (non-hydrogen) atoms. The Kier molecular flexibility index (Phi) is 9.19. The van der Waals surface area contributed by atoms with E-state index in [1.165, 1.54) is 38.5 Å². The van der Waals surface area contributed by atoms with E-state index >= 15 is 0 Å². The van der Waals surface area contributed by atoms with Gasteiger partial charge in [-0.1, -0.05) is 98.6 Å². The normalized spacial score (nSPS) is 11.2.